The maximum Gasteiger partial charge on any atom is 0.225 e. The lowest BCUT2D eigenvalue weighted by molar-refractivity contribution is -0.116. The maximum absolute atomic E-state index is 12.0. The number of hydrogen-bond acceptors (Lipinski definition) is 3. The van der Waals surface area contributed by atoms with Crippen LogP contribution in [0, 0.1) is 0 Å². The number of nitrogens with zero attached hydrogens (tertiary/aromatic N) is 1. The summed E-state index contributed by atoms with van der Waals surface area (Å²) in [6.07, 6.45) is 4.17. The Balaban J connectivity index is 1.88. The molecule has 0 aromatic heterocycles. The van der Waals surface area contributed by atoms with Gasteiger partial charge in [0.05, 0.1) is 15.7 Å². The summed E-state index contributed by atoms with van der Waals surface area (Å²) in [6.45, 7) is 2.93. The molecule has 0 unspecified atom stereocenters. The number of nitrogens with one attached hydrogen (secondary N) is 1. The zero-order chi connectivity index (χ0) is 14.5. The number of carbonyl (C=O) groups is 1. The second-order valence-electron chi connectivity index (χ2n) is 5.06. The minimum atomic E-state index is -0.0795. The zero-order valence-electron chi connectivity index (χ0n) is 11.3. The molecule has 1 aromatic carbocycles. The fourth-order valence-corrected chi connectivity index (χ4v) is 2.96. The molecule has 6 heteroatoms. The Labute approximate surface area is 129 Å². The molecular weight excluding hydrogens is 297 g/mol. The van der Waals surface area contributed by atoms with Crippen LogP contribution in [0.5, 0.6) is 0 Å². The Morgan fingerprint density at radius 1 is 1.20 bits per heavy atom. The zero-order valence-corrected chi connectivity index (χ0v) is 12.8. The van der Waals surface area contributed by atoms with Crippen LogP contribution in [0.4, 0.5) is 11.4 Å². The third-order valence-electron chi connectivity index (χ3n) is 3.43. The van der Waals surface area contributed by atoms with Crippen molar-refractivity contribution in [2.24, 2.45) is 0 Å². The Morgan fingerprint density at radius 2 is 1.80 bits per heavy atom. The number of carbonyl (C=O) groups excluding carboxylic acids is 1. The highest BCUT2D eigenvalue weighted by atomic mass is 35.5. The second kappa shape index (κ2) is 7.16. The molecule has 1 heterocycles. The van der Waals surface area contributed by atoms with Crippen molar-refractivity contribution in [3.8, 4) is 0 Å². The van der Waals surface area contributed by atoms with E-state index in [0.717, 1.165) is 19.6 Å². The number of anilines is 2. The summed E-state index contributed by atoms with van der Waals surface area (Å²) in [6, 6.07) is 3.15. The van der Waals surface area contributed by atoms with E-state index >= 15 is 0 Å². The quantitative estimate of drug-likeness (QED) is 0.837. The molecule has 1 amide bonds. The number of nitrogens with two attached hydrogens (primary N) is 1. The first-order valence-corrected chi connectivity index (χ1v) is 7.58. The van der Waals surface area contributed by atoms with Gasteiger partial charge in [-0.1, -0.05) is 29.6 Å². The van der Waals surface area contributed by atoms with Gasteiger partial charge in [0.15, 0.2) is 0 Å². The van der Waals surface area contributed by atoms with E-state index in [9.17, 15) is 4.79 Å². The molecule has 2 rings (SSSR count). The van der Waals surface area contributed by atoms with Crippen molar-refractivity contribution < 1.29 is 4.79 Å². The first kappa shape index (κ1) is 15.4. The number of halogens is 2. The van der Waals surface area contributed by atoms with Crippen LogP contribution in [-0.2, 0) is 4.79 Å². The topological polar surface area (TPSA) is 58.4 Å². The molecule has 1 aliphatic rings. The number of nitrogen functional groups attached to an aromatic ring is 1. The molecule has 1 fully saturated rings. The normalized spacial score (nSPS) is 16.1. The van der Waals surface area contributed by atoms with Crippen molar-refractivity contribution in [2.75, 3.05) is 30.7 Å². The summed E-state index contributed by atoms with van der Waals surface area (Å²) < 4.78 is 0. The minimum absolute atomic E-state index is 0.0795. The van der Waals surface area contributed by atoms with E-state index in [-0.39, 0.29) is 5.91 Å². The molecule has 0 aliphatic carbocycles. The van der Waals surface area contributed by atoms with Crippen LogP contribution >= 0.6 is 23.2 Å². The Hall–Kier alpha value is -0.970. The number of rotatable bonds is 4. The van der Waals surface area contributed by atoms with Crippen molar-refractivity contribution >= 4 is 40.5 Å². The molecule has 1 saturated heterocycles. The van der Waals surface area contributed by atoms with Gasteiger partial charge in [-0.25, -0.2) is 0 Å². The van der Waals surface area contributed by atoms with Crippen LogP contribution < -0.4 is 11.1 Å². The molecule has 1 aliphatic heterocycles. The lowest BCUT2D eigenvalue weighted by Crippen LogP contribution is -2.32. The largest absolute Gasteiger partial charge is 0.399 e. The summed E-state index contributed by atoms with van der Waals surface area (Å²) >= 11 is 12.1. The summed E-state index contributed by atoms with van der Waals surface area (Å²) in [7, 11) is 0. The highest BCUT2D eigenvalue weighted by molar-refractivity contribution is 6.40. The van der Waals surface area contributed by atoms with Crippen LogP contribution in [0.2, 0.25) is 10.0 Å². The molecule has 3 N–H and O–H groups in total. The highest BCUT2D eigenvalue weighted by Crippen LogP contribution is 2.32. The van der Waals surface area contributed by atoms with Gasteiger partial charge in [0.1, 0.15) is 0 Å². The first-order valence-electron chi connectivity index (χ1n) is 6.83. The number of likely N-dealkylation sites (tertiary alicyclic amines) is 1. The van der Waals surface area contributed by atoms with Gasteiger partial charge in [0.25, 0.3) is 0 Å². The van der Waals surface area contributed by atoms with Crippen molar-refractivity contribution in [2.45, 2.75) is 25.7 Å². The molecule has 0 bridgehead atoms. The van der Waals surface area contributed by atoms with Crippen molar-refractivity contribution in [3.63, 3.8) is 0 Å². The molecule has 0 saturated carbocycles. The molecule has 0 atom stereocenters. The number of amides is 1. The van der Waals surface area contributed by atoms with Crippen LogP contribution in [0.1, 0.15) is 25.7 Å². The van der Waals surface area contributed by atoms with Gasteiger partial charge >= 0.3 is 0 Å². The fraction of sp³-hybridized carbons (Fsp3) is 0.500. The summed E-state index contributed by atoms with van der Waals surface area (Å²) in [5.74, 6) is -0.0795. The fourth-order valence-electron chi connectivity index (χ4n) is 2.36. The van der Waals surface area contributed by atoms with Crippen LogP contribution in [0.15, 0.2) is 12.1 Å². The van der Waals surface area contributed by atoms with Gasteiger partial charge in [-0.05, 0) is 38.1 Å². The maximum atomic E-state index is 12.0. The lowest BCUT2D eigenvalue weighted by Gasteiger charge is -2.26. The monoisotopic (exact) mass is 315 g/mol. The number of piperidine rings is 1. The molecule has 1 aromatic rings. The SMILES string of the molecule is Nc1cc(Cl)c(NC(=O)CCN2CCCCC2)c(Cl)c1. The van der Waals surface area contributed by atoms with Gasteiger partial charge in [-0.3, -0.25) is 4.79 Å². The number of benzene rings is 1. The lowest BCUT2D eigenvalue weighted by atomic mass is 10.1. The van der Waals surface area contributed by atoms with Crippen LogP contribution in [0.3, 0.4) is 0 Å². The molecule has 20 heavy (non-hydrogen) atoms. The summed E-state index contributed by atoms with van der Waals surface area (Å²) in [5, 5.41) is 3.48. The predicted molar refractivity (Wildman–Crippen MR) is 84.4 cm³/mol. The average Bonchev–Trinajstić information content (AvgIpc) is 2.42. The summed E-state index contributed by atoms with van der Waals surface area (Å²) in [4.78, 5) is 14.3. The molecule has 110 valence electrons. The van der Waals surface area contributed by atoms with Crippen LogP contribution in [-0.4, -0.2) is 30.4 Å². The molecular formula is C14H19Cl2N3O. The van der Waals surface area contributed by atoms with E-state index in [0.29, 0.717) is 27.8 Å². The van der Waals surface area contributed by atoms with Gasteiger partial charge in [-0.2, -0.15) is 0 Å². The van der Waals surface area contributed by atoms with E-state index < -0.39 is 0 Å². The van der Waals surface area contributed by atoms with Crippen molar-refractivity contribution in [1.82, 2.24) is 4.90 Å². The second-order valence-corrected chi connectivity index (χ2v) is 5.87. The van der Waals surface area contributed by atoms with E-state index in [1.165, 1.54) is 19.3 Å². The Bertz CT molecular complexity index is 464. The van der Waals surface area contributed by atoms with Crippen molar-refractivity contribution in [1.29, 1.82) is 0 Å². The average molecular weight is 316 g/mol. The van der Waals surface area contributed by atoms with E-state index in [1.807, 2.05) is 0 Å². The minimum Gasteiger partial charge on any atom is -0.399 e. The molecule has 0 radical (unpaired) electrons. The third kappa shape index (κ3) is 4.27. The Morgan fingerprint density at radius 3 is 2.40 bits per heavy atom. The van der Waals surface area contributed by atoms with Gasteiger partial charge in [0, 0.05) is 18.7 Å². The van der Waals surface area contributed by atoms with E-state index in [2.05, 4.69) is 10.2 Å². The standard InChI is InChI=1S/C14H19Cl2N3O/c15-11-8-10(17)9-12(16)14(11)18-13(20)4-7-19-5-2-1-3-6-19/h8-9H,1-7,17H2,(H,18,20). The van der Waals surface area contributed by atoms with E-state index in [1.54, 1.807) is 12.1 Å². The Kier molecular flexibility index (Phi) is 5.52. The first-order chi connectivity index (χ1) is 9.56. The van der Waals surface area contributed by atoms with E-state index in [4.69, 9.17) is 28.9 Å². The predicted octanol–water partition coefficient (Wildman–Crippen LogP) is 3.39. The van der Waals surface area contributed by atoms with Crippen LogP contribution in [0.25, 0.3) is 0 Å². The molecule has 4 nitrogen and oxygen atoms in total. The van der Waals surface area contributed by atoms with Crippen molar-refractivity contribution in [3.05, 3.63) is 22.2 Å². The van der Waals surface area contributed by atoms with Gasteiger partial charge in [0.2, 0.25) is 5.91 Å². The smallest absolute Gasteiger partial charge is 0.225 e. The highest BCUT2D eigenvalue weighted by Gasteiger charge is 2.14. The van der Waals surface area contributed by atoms with Gasteiger partial charge < -0.3 is 16.0 Å². The van der Waals surface area contributed by atoms with Gasteiger partial charge in [-0.15, -0.1) is 0 Å². The molecule has 0 spiro atoms. The number of hydrogen-bond donors (Lipinski definition) is 2. The summed E-state index contributed by atoms with van der Waals surface area (Å²) in [5.41, 5.74) is 6.54. The third-order valence-corrected chi connectivity index (χ3v) is 4.03.